The van der Waals surface area contributed by atoms with Crippen molar-refractivity contribution in [1.82, 2.24) is 5.43 Å². The maximum Gasteiger partial charge on any atom is 0.416 e. The highest BCUT2D eigenvalue weighted by molar-refractivity contribution is 6.33. The molecule has 1 aromatic rings. The first-order valence-electron chi connectivity index (χ1n) is 4.32. The van der Waals surface area contributed by atoms with E-state index in [2.05, 4.69) is 4.99 Å². The monoisotopic (exact) mass is 282 g/mol. The van der Waals surface area contributed by atoms with Gasteiger partial charge in [0.1, 0.15) is 0 Å². The molecule has 0 spiro atoms. The lowest BCUT2D eigenvalue weighted by molar-refractivity contribution is -0.525. The molecule has 0 unspecified atom stereocenters. The first-order chi connectivity index (χ1) is 8.20. The molecular weight excluding hydrogens is 277 g/mol. The van der Waals surface area contributed by atoms with Gasteiger partial charge in [-0.15, -0.1) is 0 Å². The fourth-order valence-corrected chi connectivity index (χ4v) is 1.18. The Labute approximate surface area is 103 Å². The molecule has 0 aliphatic rings. The van der Waals surface area contributed by atoms with E-state index in [0.29, 0.717) is 6.07 Å². The van der Waals surface area contributed by atoms with Crippen molar-refractivity contribution < 1.29 is 18.2 Å². The average Bonchev–Trinajstić information content (AvgIpc) is 2.18. The SMILES string of the molecule is NC(=Nc1cc(C(F)(F)F)ccc1Cl)N[N+](=O)[O-]. The zero-order valence-electron chi connectivity index (χ0n) is 8.53. The molecule has 0 saturated carbocycles. The van der Waals surface area contributed by atoms with Gasteiger partial charge in [0.05, 0.1) is 16.3 Å². The Bertz CT molecular complexity index is 504. The zero-order valence-corrected chi connectivity index (χ0v) is 9.29. The number of nitrogens with zero attached hydrogens (tertiary/aromatic N) is 2. The largest absolute Gasteiger partial charge is 0.416 e. The Kier molecular flexibility index (Phi) is 3.96. The van der Waals surface area contributed by atoms with Gasteiger partial charge < -0.3 is 5.73 Å². The third kappa shape index (κ3) is 3.77. The number of hydrogen-bond acceptors (Lipinski definition) is 3. The molecule has 10 heteroatoms. The predicted molar refractivity (Wildman–Crippen MR) is 57.9 cm³/mol. The molecule has 0 bridgehead atoms. The highest BCUT2D eigenvalue weighted by atomic mass is 35.5. The first kappa shape index (κ1) is 14.0. The van der Waals surface area contributed by atoms with Crippen LogP contribution in [0.1, 0.15) is 5.56 Å². The number of halogens is 4. The Morgan fingerprint density at radius 1 is 1.50 bits per heavy atom. The van der Waals surface area contributed by atoms with Gasteiger partial charge in [0.2, 0.25) is 0 Å². The highest BCUT2D eigenvalue weighted by Crippen LogP contribution is 2.34. The maximum atomic E-state index is 12.4. The van der Waals surface area contributed by atoms with E-state index in [1.165, 1.54) is 5.43 Å². The van der Waals surface area contributed by atoms with E-state index in [1.807, 2.05) is 0 Å². The van der Waals surface area contributed by atoms with Crippen molar-refractivity contribution in [2.45, 2.75) is 6.18 Å². The normalized spacial score (nSPS) is 12.3. The van der Waals surface area contributed by atoms with Crippen LogP contribution in [0.2, 0.25) is 5.02 Å². The number of hydrazine groups is 1. The lowest BCUT2D eigenvalue weighted by Gasteiger charge is -2.08. The second-order valence-corrected chi connectivity index (χ2v) is 3.44. The number of aliphatic imine (C=N–C) groups is 1. The smallest absolute Gasteiger partial charge is 0.365 e. The molecule has 0 atom stereocenters. The minimum absolute atomic E-state index is 0.115. The number of benzene rings is 1. The van der Waals surface area contributed by atoms with Gasteiger partial charge in [0, 0.05) is 0 Å². The van der Waals surface area contributed by atoms with Crippen molar-refractivity contribution in [3.05, 3.63) is 38.9 Å². The van der Waals surface area contributed by atoms with Gasteiger partial charge in [0.25, 0.3) is 5.96 Å². The Balaban J connectivity index is 3.12. The molecule has 6 nitrogen and oxygen atoms in total. The second kappa shape index (κ2) is 5.08. The molecule has 0 radical (unpaired) electrons. The van der Waals surface area contributed by atoms with E-state index >= 15 is 0 Å². The van der Waals surface area contributed by atoms with E-state index in [0.717, 1.165) is 12.1 Å². The lowest BCUT2D eigenvalue weighted by Crippen LogP contribution is -2.35. The van der Waals surface area contributed by atoms with Gasteiger partial charge in [-0.05, 0) is 18.2 Å². The number of nitrogens with two attached hydrogens (primary N) is 1. The van der Waals surface area contributed by atoms with Crippen LogP contribution >= 0.6 is 11.6 Å². The minimum atomic E-state index is -4.57. The van der Waals surface area contributed by atoms with Gasteiger partial charge >= 0.3 is 6.18 Å². The van der Waals surface area contributed by atoms with Gasteiger partial charge in [-0.25, -0.2) is 15.1 Å². The Morgan fingerprint density at radius 3 is 2.61 bits per heavy atom. The third-order valence-corrected chi connectivity index (χ3v) is 2.04. The molecule has 0 aromatic heterocycles. The van der Waals surface area contributed by atoms with Crippen LogP contribution in [-0.2, 0) is 6.18 Å². The van der Waals surface area contributed by atoms with Crippen molar-refractivity contribution >= 4 is 23.2 Å². The summed E-state index contributed by atoms with van der Waals surface area (Å²) in [4.78, 5) is 13.4. The second-order valence-electron chi connectivity index (χ2n) is 3.03. The molecule has 0 heterocycles. The molecule has 1 rings (SSSR count). The molecule has 3 N–H and O–H groups in total. The predicted octanol–water partition coefficient (Wildman–Crippen LogP) is 2.09. The quantitative estimate of drug-likeness (QED) is 0.376. The topological polar surface area (TPSA) is 93.5 Å². The molecule has 18 heavy (non-hydrogen) atoms. The summed E-state index contributed by atoms with van der Waals surface area (Å²) in [5.74, 6) is -0.679. The van der Waals surface area contributed by atoms with Crippen molar-refractivity contribution in [2.24, 2.45) is 10.7 Å². The summed E-state index contributed by atoms with van der Waals surface area (Å²) in [5.41, 5.74) is 5.27. The zero-order chi connectivity index (χ0) is 13.9. The molecule has 0 saturated heterocycles. The van der Waals surface area contributed by atoms with E-state index in [1.54, 1.807) is 0 Å². The molecule has 0 amide bonds. The Morgan fingerprint density at radius 2 is 2.11 bits per heavy atom. The highest BCUT2D eigenvalue weighted by Gasteiger charge is 2.31. The van der Waals surface area contributed by atoms with Crippen LogP contribution in [-0.4, -0.2) is 11.0 Å². The van der Waals surface area contributed by atoms with Gasteiger partial charge in [0.15, 0.2) is 5.03 Å². The van der Waals surface area contributed by atoms with Crippen LogP contribution in [0.15, 0.2) is 23.2 Å². The van der Waals surface area contributed by atoms with Crippen LogP contribution in [0.3, 0.4) is 0 Å². The maximum absolute atomic E-state index is 12.4. The number of alkyl halides is 3. The van der Waals surface area contributed by atoms with Crippen molar-refractivity contribution in [1.29, 1.82) is 0 Å². The molecule has 98 valence electrons. The fourth-order valence-electron chi connectivity index (χ4n) is 1.02. The summed E-state index contributed by atoms with van der Waals surface area (Å²) in [6, 6.07) is 2.37. The molecule has 0 aliphatic carbocycles. The average molecular weight is 283 g/mol. The molecule has 0 aliphatic heterocycles. The number of guanidine groups is 1. The van der Waals surface area contributed by atoms with Crippen LogP contribution in [0.4, 0.5) is 18.9 Å². The standard InChI is InChI=1S/C8H6ClF3N4O2/c9-5-2-1-4(8(10,11)12)3-6(5)14-7(13)15-16(17)18/h1-3H,(H3,13,14,15). The number of rotatable bonds is 2. The van der Waals surface area contributed by atoms with Crippen molar-refractivity contribution in [2.75, 3.05) is 0 Å². The summed E-state index contributed by atoms with van der Waals surface area (Å²) in [5, 5.41) is 8.92. The first-order valence-corrected chi connectivity index (χ1v) is 4.70. The minimum Gasteiger partial charge on any atom is -0.365 e. The van der Waals surface area contributed by atoms with Crippen molar-refractivity contribution in [3.63, 3.8) is 0 Å². The summed E-state index contributed by atoms with van der Waals surface area (Å²) in [7, 11) is 0. The van der Waals surface area contributed by atoms with Gasteiger partial charge in [-0.2, -0.15) is 13.2 Å². The summed E-state index contributed by atoms with van der Waals surface area (Å²) in [6.07, 6.45) is -4.57. The van der Waals surface area contributed by atoms with E-state index < -0.39 is 22.7 Å². The molecule has 0 fully saturated rings. The van der Waals surface area contributed by atoms with Gasteiger partial charge in [-0.1, -0.05) is 17.0 Å². The number of nitrogens with one attached hydrogen (secondary N) is 1. The summed E-state index contributed by atoms with van der Waals surface area (Å²) in [6.45, 7) is 0. The summed E-state index contributed by atoms with van der Waals surface area (Å²) >= 11 is 5.60. The van der Waals surface area contributed by atoms with Crippen LogP contribution in [0, 0.1) is 10.1 Å². The molecule has 1 aromatic carbocycles. The molecular formula is C8H6ClF3N4O2. The van der Waals surface area contributed by atoms with E-state index in [4.69, 9.17) is 17.3 Å². The summed E-state index contributed by atoms with van der Waals surface area (Å²) < 4.78 is 37.2. The lowest BCUT2D eigenvalue weighted by atomic mass is 10.2. The number of nitro groups is 1. The van der Waals surface area contributed by atoms with E-state index in [9.17, 15) is 23.3 Å². The van der Waals surface area contributed by atoms with Crippen LogP contribution < -0.4 is 11.2 Å². The fraction of sp³-hybridized carbons (Fsp3) is 0.125. The van der Waals surface area contributed by atoms with Crippen molar-refractivity contribution in [3.8, 4) is 0 Å². The van der Waals surface area contributed by atoms with Gasteiger partial charge in [-0.3, -0.25) is 0 Å². The Hall–Kier alpha value is -2.03. The number of hydrogen-bond donors (Lipinski definition) is 2. The van der Waals surface area contributed by atoms with Crippen LogP contribution in [0.5, 0.6) is 0 Å². The third-order valence-electron chi connectivity index (χ3n) is 1.72. The van der Waals surface area contributed by atoms with Crippen LogP contribution in [0.25, 0.3) is 0 Å². The van der Waals surface area contributed by atoms with E-state index in [-0.39, 0.29) is 10.7 Å².